The molecule has 158 valence electrons. The molecule has 0 fully saturated rings. The van der Waals surface area contributed by atoms with E-state index in [1.165, 1.54) is 0 Å². The molecule has 0 saturated carbocycles. The molecule has 5 heteroatoms. The van der Waals surface area contributed by atoms with Gasteiger partial charge in [0.05, 0.1) is 23.6 Å². The van der Waals surface area contributed by atoms with Crippen LogP contribution in [0.3, 0.4) is 0 Å². The van der Waals surface area contributed by atoms with Crippen LogP contribution in [-0.4, -0.2) is 17.2 Å². The molecule has 0 spiro atoms. The second-order valence-electron chi connectivity index (χ2n) is 7.69. The number of ether oxygens (including phenoxy) is 1. The van der Waals surface area contributed by atoms with E-state index in [0.717, 1.165) is 32.4 Å². The maximum atomic E-state index is 13.8. The van der Waals surface area contributed by atoms with Crippen LogP contribution < -0.4 is 9.64 Å². The van der Waals surface area contributed by atoms with E-state index in [0.29, 0.717) is 12.1 Å². The van der Waals surface area contributed by atoms with E-state index < -0.39 is 10.8 Å². The first-order valence-electron chi connectivity index (χ1n) is 10.2. The van der Waals surface area contributed by atoms with Crippen LogP contribution in [-0.2, 0) is 15.6 Å². The van der Waals surface area contributed by atoms with E-state index in [-0.39, 0.29) is 11.8 Å². The highest BCUT2D eigenvalue weighted by atomic mass is 32.2. The van der Waals surface area contributed by atoms with Crippen molar-refractivity contribution in [3.8, 4) is 5.75 Å². The summed E-state index contributed by atoms with van der Waals surface area (Å²) in [4.78, 5) is 16.5. The molecule has 0 bridgehead atoms. The molecule has 3 aromatic rings. The molecule has 0 radical (unpaired) electrons. The number of rotatable bonds is 5. The van der Waals surface area contributed by atoms with E-state index in [9.17, 15) is 9.00 Å². The van der Waals surface area contributed by atoms with Crippen LogP contribution in [0.1, 0.15) is 24.5 Å². The first kappa shape index (κ1) is 21.1. The fraction of sp³-hybridized carbons (Fsp3) is 0.192. The molecule has 0 saturated heterocycles. The molecule has 31 heavy (non-hydrogen) atoms. The van der Waals surface area contributed by atoms with Gasteiger partial charge in [0.25, 0.3) is 0 Å². The number of carbonyl (C=O) groups is 1. The van der Waals surface area contributed by atoms with Crippen molar-refractivity contribution in [2.24, 2.45) is 5.92 Å². The van der Waals surface area contributed by atoms with Crippen LogP contribution in [0, 0.1) is 12.8 Å². The Balaban J connectivity index is 1.93. The molecule has 1 heterocycles. The quantitative estimate of drug-likeness (QED) is 0.532. The number of aryl methyl sites for hydroxylation is 1. The maximum absolute atomic E-state index is 13.8. The standard InChI is InChI=1S/C26H25NO3S/c1-18-9-15-23(16-10-18)31(29)26-19(2)17-24(28)27(21-11-13-22(30-3)14-12-21)25(26)20-7-5-4-6-8-20/h4-16,19H,17H2,1-3H3/t19-,31?/m0/s1. The summed E-state index contributed by atoms with van der Waals surface area (Å²) in [6.07, 6.45) is 0.301. The predicted octanol–water partition coefficient (Wildman–Crippen LogP) is 5.55. The molecule has 0 aliphatic carbocycles. The van der Waals surface area contributed by atoms with Gasteiger partial charge in [0.15, 0.2) is 0 Å². The van der Waals surface area contributed by atoms with Gasteiger partial charge in [0.1, 0.15) is 5.75 Å². The summed E-state index contributed by atoms with van der Waals surface area (Å²) in [5.41, 5.74) is 3.42. The molecule has 4 rings (SSSR count). The first-order valence-corrected chi connectivity index (χ1v) is 11.4. The summed E-state index contributed by atoms with van der Waals surface area (Å²) in [5.74, 6) is 0.566. The Morgan fingerprint density at radius 2 is 1.58 bits per heavy atom. The molecule has 1 amide bonds. The molecule has 1 aliphatic heterocycles. The average Bonchev–Trinajstić information content (AvgIpc) is 2.79. The second-order valence-corrected chi connectivity index (χ2v) is 9.14. The van der Waals surface area contributed by atoms with Crippen molar-refractivity contribution in [2.45, 2.75) is 25.2 Å². The van der Waals surface area contributed by atoms with Crippen LogP contribution in [0.5, 0.6) is 5.75 Å². The molecular weight excluding hydrogens is 406 g/mol. The summed E-state index contributed by atoms with van der Waals surface area (Å²) < 4.78 is 19.1. The predicted molar refractivity (Wildman–Crippen MR) is 125 cm³/mol. The molecule has 4 nitrogen and oxygen atoms in total. The topological polar surface area (TPSA) is 46.6 Å². The normalized spacial score (nSPS) is 17.6. The Bertz CT molecular complexity index is 1140. The minimum absolute atomic E-state index is 0.0128. The van der Waals surface area contributed by atoms with Gasteiger partial charge in [-0.3, -0.25) is 9.69 Å². The van der Waals surface area contributed by atoms with Gasteiger partial charge in [-0.2, -0.15) is 0 Å². The zero-order valence-electron chi connectivity index (χ0n) is 17.9. The summed E-state index contributed by atoms with van der Waals surface area (Å²) in [6, 6.07) is 24.9. The van der Waals surface area contributed by atoms with Crippen molar-refractivity contribution in [3.63, 3.8) is 0 Å². The van der Waals surface area contributed by atoms with E-state index in [2.05, 4.69) is 0 Å². The minimum atomic E-state index is -1.39. The van der Waals surface area contributed by atoms with E-state index in [1.807, 2.05) is 92.7 Å². The monoisotopic (exact) mass is 431 g/mol. The number of hydrogen-bond donors (Lipinski definition) is 0. The molecule has 1 unspecified atom stereocenters. The second kappa shape index (κ2) is 8.90. The Morgan fingerprint density at radius 3 is 2.19 bits per heavy atom. The van der Waals surface area contributed by atoms with E-state index in [1.54, 1.807) is 12.0 Å². The number of nitrogens with zero attached hydrogens (tertiary/aromatic N) is 1. The van der Waals surface area contributed by atoms with Gasteiger partial charge in [-0.25, -0.2) is 4.21 Å². The number of allylic oxidation sites excluding steroid dienone is 1. The number of carbonyl (C=O) groups excluding carboxylic acids is 1. The molecular formula is C26H25NO3S. The molecule has 1 aliphatic rings. The summed E-state index contributed by atoms with van der Waals surface area (Å²) in [5, 5.41) is 0. The molecule has 0 aromatic heterocycles. The smallest absolute Gasteiger partial charge is 0.232 e. The van der Waals surface area contributed by atoms with Gasteiger partial charge in [-0.15, -0.1) is 0 Å². The lowest BCUT2D eigenvalue weighted by Gasteiger charge is -2.35. The van der Waals surface area contributed by atoms with Crippen LogP contribution in [0.25, 0.3) is 5.70 Å². The third-order valence-corrected chi connectivity index (χ3v) is 7.14. The van der Waals surface area contributed by atoms with Crippen molar-refractivity contribution in [1.82, 2.24) is 0 Å². The Hall–Kier alpha value is -3.18. The van der Waals surface area contributed by atoms with Crippen LogP contribution >= 0.6 is 0 Å². The van der Waals surface area contributed by atoms with Crippen LogP contribution in [0.15, 0.2) is 88.7 Å². The minimum Gasteiger partial charge on any atom is -0.497 e. The molecule has 3 aromatic carbocycles. The largest absolute Gasteiger partial charge is 0.497 e. The highest BCUT2D eigenvalue weighted by Crippen LogP contribution is 2.41. The molecule has 0 N–H and O–H groups in total. The van der Waals surface area contributed by atoms with Gasteiger partial charge >= 0.3 is 0 Å². The van der Waals surface area contributed by atoms with E-state index in [4.69, 9.17) is 4.74 Å². The van der Waals surface area contributed by atoms with Gasteiger partial charge in [-0.05, 0) is 48.9 Å². The number of hydrogen-bond acceptors (Lipinski definition) is 3. The van der Waals surface area contributed by atoms with Crippen molar-refractivity contribution < 1.29 is 13.7 Å². The Kier molecular flexibility index (Phi) is 6.05. The lowest BCUT2D eigenvalue weighted by atomic mass is 9.95. The van der Waals surface area contributed by atoms with Crippen molar-refractivity contribution in [2.75, 3.05) is 12.0 Å². The van der Waals surface area contributed by atoms with Gasteiger partial charge in [0.2, 0.25) is 5.91 Å². The number of anilines is 1. The number of benzene rings is 3. The van der Waals surface area contributed by atoms with Crippen molar-refractivity contribution in [3.05, 3.63) is 94.9 Å². The van der Waals surface area contributed by atoms with Gasteiger partial charge < -0.3 is 4.74 Å². The van der Waals surface area contributed by atoms with Crippen LogP contribution in [0.2, 0.25) is 0 Å². The van der Waals surface area contributed by atoms with Gasteiger partial charge in [0, 0.05) is 27.8 Å². The van der Waals surface area contributed by atoms with Crippen molar-refractivity contribution in [1.29, 1.82) is 0 Å². The third kappa shape index (κ3) is 4.19. The SMILES string of the molecule is COc1ccc(N2C(=O)C[C@H](C)C(S(=O)c3ccc(C)cc3)=C2c2ccccc2)cc1. The van der Waals surface area contributed by atoms with Gasteiger partial charge in [-0.1, -0.05) is 55.0 Å². The fourth-order valence-electron chi connectivity index (χ4n) is 3.85. The number of methoxy groups -OCH3 is 1. The lowest BCUT2D eigenvalue weighted by molar-refractivity contribution is -0.118. The van der Waals surface area contributed by atoms with Crippen molar-refractivity contribution >= 4 is 28.1 Å². The Morgan fingerprint density at radius 1 is 0.935 bits per heavy atom. The first-order chi connectivity index (χ1) is 15.0. The van der Waals surface area contributed by atoms with E-state index >= 15 is 0 Å². The number of amides is 1. The molecule has 2 atom stereocenters. The summed E-state index contributed by atoms with van der Waals surface area (Å²) in [6.45, 7) is 3.99. The lowest BCUT2D eigenvalue weighted by Crippen LogP contribution is -2.37. The zero-order chi connectivity index (χ0) is 22.0. The summed E-state index contributed by atoms with van der Waals surface area (Å²) in [7, 11) is 0.219. The highest BCUT2D eigenvalue weighted by molar-refractivity contribution is 7.89. The highest BCUT2D eigenvalue weighted by Gasteiger charge is 2.36. The van der Waals surface area contributed by atoms with Crippen LogP contribution in [0.4, 0.5) is 5.69 Å². The fourth-order valence-corrected chi connectivity index (χ4v) is 5.32. The zero-order valence-corrected chi connectivity index (χ0v) is 18.7. The Labute approximate surface area is 185 Å². The third-order valence-electron chi connectivity index (χ3n) is 5.45. The average molecular weight is 432 g/mol. The summed E-state index contributed by atoms with van der Waals surface area (Å²) >= 11 is 0. The maximum Gasteiger partial charge on any atom is 0.232 e.